The number of rotatable bonds is 6. The third-order valence-corrected chi connectivity index (χ3v) is 5.52. The van der Waals surface area contributed by atoms with E-state index in [1.165, 1.54) is 11.0 Å². The van der Waals surface area contributed by atoms with Crippen LogP contribution in [-0.2, 0) is 11.2 Å². The molecule has 0 saturated carbocycles. The number of hydrogen-bond donors (Lipinski definition) is 2. The largest absolute Gasteiger partial charge is 0.354 e. The van der Waals surface area contributed by atoms with Crippen LogP contribution in [0.3, 0.4) is 0 Å². The van der Waals surface area contributed by atoms with Crippen molar-refractivity contribution in [3.63, 3.8) is 0 Å². The van der Waals surface area contributed by atoms with Crippen molar-refractivity contribution in [3.8, 4) is 0 Å². The zero-order chi connectivity index (χ0) is 21.1. The summed E-state index contributed by atoms with van der Waals surface area (Å²) >= 11 is 12.0. The van der Waals surface area contributed by atoms with Gasteiger partial charge in [0.2, 0.25) is 5.91 Å². The Morgan fingerprint density at radius 1 is 1.24 bits per heavy atom. The Morgan fingerprint density at radius 3 is 2.66 bits per heavy atom. The number of halogens is 2. The average Bonchev–Trinajstić information content (AvgIpc) is 3.01. The third-order valence-electron chi connectivity index (χ3n) is 4.97. The molecule has 2 N–H and O–H groups in total. The highest BCUT2D eigenvalue weighted by molar-refractivity contribution is 6.36. The lowest BCUT2D eigenvalue weighted by atomic mass is 9.94. The van der Waals surface area contributed by atoms with E-state index >= 15 is 0 Å². The van der Waals surface area contributed by atoms with Crippen LogP contribution in [0.2, 0.25) is 10.0 Å². The predicted octanol–water partition coefficient (Wildman–Crippen LogP) is 4.64. The normalized spacial score (nSPS) is 13.2. The van der Waals surface area contributed by atoms with Crippen LogP contribution in [-0.4, -0.2) is 40.6 Å². The van der Waals surface area contributed by atoms with Gasteiger partial charge in [0.05, 0.1) is 10.7 Å². The topological polar surface area (TPSA) is 82.3 Å². The molecule has 0 atom stereocenters. The van der Waals surface area contributed by atoms with E-state index < -0.39 is 0 Å². The van der Waals surface area contributed by atoms with E-state index in [4.69, 9.17) is 23.2 Å². The lowest BCUT2D eigenvalue weighted by Crippen LogP contribution is -2.39. The number of aromatic amines is 1. The summed E-state index contributed by atoms with van der Waals surface area (Å²) in [5.74, 6) is -0.582. The Morgan fingerprint density at radius 2 is 2.00 bits per heavy atom. The van der Waals surface area contributed by atoms with Gasteiger partial charge in [0.25, 0.3) is 5.91 Å². The molecule has 2 amide bonds. The first-order chi connectivity index (χ1) is 13.8. The van der Waals surface area contributed by atoms with E-state index in [0.29, 0.717) is 51.9 Å². The second-order valence-corrected chi connectivity index (χ2v) is 8.00. The molecule has 1 aromatic carbocycles. The van der Waals surface area contributed by atoms with Gasteiger partial charge in [0, 0.05) is 29.2 Å². The molecule has 1 aromatic heterocycles. The van der Waals surface area contributed by atoms with Crippen molar-refractivity contribution in [1.82, 2.24) is 9.88 Å². The summed E-state index contributed by atoms with van der Waals surface area (Å²) < 4.78 is 0. The number of Topliss-reactive ketones (excluding diaryl/α,β-unsaturated/α-hetero) is 1. The van der Waals surface area contributed by atoms with E-state index in [2.05, 4.69) is 10.3 Å². The fourth-order valence-corrected chi connectivity index (χ4v) is 4.08. The van der Waals surface area contributed by atoms with Gasteiger partial charge in [-0.15, -0.1) is 0 Å². The lowest BCUT2D eigenvalue weighted by Gasteiger charge is -2.21. The van der Waals surface area contributed by atoms with Gasteiger partial charge in [-0.05, 0) is 49.9 Å². The van der Waals surface area contributed by atoms with Crippen LogP contribution in [0.1, 0.15) is 58.3 Å². The van der Waals surface area contributed by atoms with E-state index in [1.54, 1.807) is 19.1 Å². The molecule has 0 unspecified atom stereocenters. The number of carbonyl (C=O) groups is 3. The summed E-state index contributed by atoms with van der Waals surface area (Å²) in [5.41, 5.74) is 2.93. The summed E-state index contributed by atoms with van der Waals surface area (Å²) in [4.78, 5) is 42.5. The quantitative estimate of drug-likeness (QED) is 0.692. The van der Waals surface area contributed by atoms with Gasteiger partial charge in [-0.25, -0.2) is 0 Å². The molecule has 1 aliphatic rings. The summed E-state index contributed by atoms with van der Waals surface area (Å²) in [7, 11) is 0. The number of nitrogens with one attached hydrogen (secondary N) is 2. The molecular formula is C21H23Cl2N3O3. The summed E-state index contributed by atoms with van der Waals surface area (Å²) in [6.07, 6.45) is 2.72. The van der Waals surface area contributed by atoms with Crippen LogP contribution < -0.4 is 5.32 Å². The lowest BCUT2D eigenvalue weighted by molar-refractivity contribution is -0.116. The van der Waals surface area contributed by atoms with Crippen LogP contribution in [0.5, 0.6) is 0 Å². The number of amides is 2. The Kier molecular flexibility index (Phi) is 6.65. The fraction of sp³-hybridized carbons (Fsp3) is 0.381. The maximum atomic E-state index is 13.1. The highest BCUT2D eigenvalue weighted by atomic mass is 35.5. The van der Waals surface area contributed by atoms with Crippen LogP contribution in [0.4, 0.5) is 5.69 Å². The van der Waals surface area contributed by atoms with Crippen LogP contribution in [0, 0.1) is 6.92 Å². The van der Waals surface area contributed by atoms with Gasteiger partial charge >= 0.3 is 0 Å². The zero-order valence-corrected chi connectivity index (χ0v) is 17.9. The first-order valence-electron chi connectivity index (χ1n) is 9.60. The zero-order valence-electron chi connectivity index (χ0n) is 16.4. The van der Waals surface area contributed by atoms with Gasteiger partial charge in [0.15, 0.2) is 5.78 Å². The number of fused-ring (bicyclic) bond motifs is 1. The number of aryl methyl sites for hydroxylation is 1. The predicted molar refractivity (Wildman–Crippen MR) is 114 cm³/mol. The standard InChI is InChI=1S/C21H23Cl2N3O3/c1-3-9-26(11-18(28)24-15-8-7-13(22)10-14(15)23)21(29)20-12(2)19-16(25-20)5-4-6-17(19)27/h7-8,10,25H,3-6,9,11H2,1-2H3,(H,24,28). The summed E-state index contributed by atoms with van der Waals surface area (Å²) in [5, 5.41) is 3.51. The Hall–Kier alpha value is -2.31. The van der Waals surface area contributed by atoms with Crippen molar-refractivity contribution in [1.29, 1.82) is 0 Å². The smallest absolute Gasteiger partial charge is 0.271 e. The number of ketones is 1. The molecule has 8 heteroatoms. The van der Waals surface area contributed by atoms with Crippen molar-refractivity contribution in [2.75, 3.05) is 18.4 Å². The number of carbonyl (C=O) groups excluding carboxylic acids is 3. The SMILES string of the molecule is CCCN(CC(=O)Nc1ccc(Cl)cc1Cl)C(=O)c1[nH]c2c(c1C)C(=O)CCC2. The van der Waals surface area contributed by atoms with Gasteiger partial charge in [-0.3, -0.25) is 14.4 Å². The number of nitrogens with zero attached hydrogens (tertiary/aromatic N) is 1. The molecule has 0 spiro atoms. The van der Waals surface area contributed by atoms with Gasteiger partial charge in [-0.2, -0.15) is 0 Å². The Labute approximate surface area is 179 Å². The first kappa shape index (κ1) is 21.4. The second kappa shape index (κ2) is 9.01. The highest BCUT2D eigenvalue weighted by Crippen LogP contribution is 2.28. The van der Waals surface area contributed by atoms with Crippen molar-refractivity contribution in [2.24, 2.45) is 0 Å². The summed E-state index contributed by atoms with van der Waals surface area (Å²) in [6, 6.07) is 4.78. The molecule has 2 aromatic rings. The number of anilines is 1. The maximum Gasteiger partial charge on any atom is 0.271 e. The first-order valence-corrected chi connectivity index (χ1v) is 10.4. The Balaban J connectivity index is 1.78. The molecule has 154 valence electrons. The molecular weight excluding hydrogens is 413 g/mol. The minimum Gasteiger partial charge on any atom is -0.354 e. The molecule has 0 bridgehead atoms. The van der Waals surface area contributed by atoms with E-state index in [1.807, 2.05) is 6.92 Å². The van der Waals surface area contributed by atoms with Crippen molar-refractivity contribution in [3.05, 3.63) is 50.8 Å². The van der Waals surface area contributed by atoms with E-state index in [0.717, 1.165) is 18.5 Å². The minimum atomic E-state index is -0.360. The maximum absolute atomic E-state index is 13.1. The van der Waals surface area contributed by atoms with Crippen molar-refractivity contribution >= 4 is 46.5 Å². The highest BCUT2D eigenvalue weighted by Gasteiger charge is 2.29. The second-order valence-electron chi connectivity index (χ2n) is 7.15. The molecule has 29 heavy (non-hydrogen) atoms. The van der Waals surface area contributed by atoms with Crippen LogP contribution in [0.15, 0.2) is 18.2 Å². The Bertz CT molecular complexity index is 968. The number of hydrogen-bond acceptors (Lipinski definition) is 3. The van der Waals surface area contributed by atoms with Crippen molar-refractivity contribution < 1.29 is 14.4 Å². The number of benzene rings is 1. The van der Waals surface area contributed by atoms with Gasteiger partial charge in [0.1, 0.15) is 12.2 Å². The molecule has 0 radical (unpaired) electrons. The van der Waals surface area contributed by atoms with Crippen LogP contribution >= 0.6 is 23.2 Å². The molecule has 0 fully saturated rings. The minimum absolute atomic E-state index is 0.0659. The molecule has 0 aliphatic heterocycles. The van der Waals surface area contributed by atoms with Crippen molar-refractivity contribution in [2.45, 2.75) is 39.5 Å². The third kappa shape index (κ3) is 4.65. The van der Waals surface area contributed by atoms with Gasteiger partial charge in [-0.1, -0.05) is 30.1 Å². The molecule has 1 aliphatic carbocycles. The van der Waals surface area contributed by atoms with Crippen LogP contribution in [0.25, 0.3) is 0 Å². The van der Waals surface area contributed by atoms with E-state index in [9.17, 15) is 14.4 Å². The number of H-pyrrole nitrogens is 1. The molecule has 6 nitrogen and oxygen atoms in total. The fourth-order valence-electron chi connectivity index (χ4n) is 3.62. The van der Waals surface area contributed by atoms with Gasteiger partial charge < -0.3 is 15.2 Å². The van der Waals surface area contributed by atoms with E-state index in [-0.39, 0.29) is 24.1 Å². The molecule has 3 rings (SSSR count). The monoisotopic (exact) mass is 435 g/mol. The summed E-state index contributed by atoms with van der Waals surface area (Å²) in [6.45, 7) is 4.01. The molecule has 0 saturated heterocycles. The number of aromatic nitrogens is 1. The molecule has 1 heterocycles. The average molecular weight is 436 g/mol.